The zero-order valence-corrected chi connectivity index (χ0v) is 6.86. The van der Waals surface area contributed by atoms with Crippen molar-refractivity contribution < 1.29 is 10.4 Å². The van der Waals surface area contributed by atoms with Gasteiger partial charge in [0.2, 0.25) is 0 Å². The summed E-state index contributed by atoms with van der Waals surface area (Å²) in [7, 11) is 0. The first-order valence-electron chi connectivity index (χ1n) is 3.37. The fourth-order valence-corrected chi connectivity index (χ4v) is 0.310. The molecule has 0 saturated carbocycles. The van der Waals surface area contributed by atoms with Crippen LogP contribution in [0.3, 0.4) is 0 Å². The SMILES string of the molecule is CCNCC.O/N=C/C=N/O. The summed E-state index contributed by atoms with van der Waals surface area (Å²) >= 11 is 0. The standard InChI is InChI=1S/C4H11N.C2H4N2O2/c1-3-5-4-2;5-3-1-2-4-6/h5H,3-4H2,1-2H3;1-2,5-6H/b;3-1+,4-2+. The minimum atomic E-state index is 0.944. The summed E-state index contributed by atoms with van der Waals surface area (Å²) in [4.78, 5) is 0. The van der Waals surface area contributed by atoms with Crippen molar-refractivity contribution in [1.82, 2.24) is 5.32 Å². The Labute approximate surface area is 66.4 Å². The van der Waals surface area contributed by atoms with Gasteiger partial charge < -0.3 is 15.7 Å². The molecule has 0 aliphatic rings. The summed E-state index contributed by atoms with van der Waals surface area (Å²) < 4.78 is 0. The van der Waals surface area contributed by atoms with Gasteiger partial charge in [-0.15, -0.1) is 0 Å². The van der Waals surface area contributed by atoms with Gasteiger partial charge >= 0.3 is 0 Å². The van der Waals surface area contributed by atoms with Crippen LogP contribution in [-0.4, -0.2) is 35.9 Å². The minimum Gasteiger partial charge on any atom is -0.411 e. The van der Waals surface area contributed by atoms with E-state index in [4.69, 9.17) is 10.4 Å². The Morgan fingerprint density at radius 3 is 1.55 bits per heavy atom. The first-order chi connectivity index (χ1) is 5.33. The van der Waals surface area contributed by atoms with E-state index in [-0.39, 0.29) is 0 Å². The topological polar surface area (TPSA) is 77.2 Å². The number of oxime groups is 2. The van der Waals surface area contributed by atoms with Crippen LogP contribution in [0.4, 0.5) is 0 Å². The molecule has 0 amide bonds. The molecule has 0 aliphatic carbocycles. The molecule has 0 aromatic heterocycles. The third-order valence-electron chi connectivity index (χ3n) is 0.700. The number of rotatable bonds is 3. The zero-order valence-electron chi connectivity index (χ0n) is 6.86. The third kappa shape index (κ3) is 27.9. The minimum absolute atomic E-state index is 0.944. The molecule has 0 aliphatic heterocycles. The fourth-order valence-electron chi connectivity index (χ4n) is 0.310. The van der Waals surface area contributed by atoms with Gasteiger partial charge in [-0.25, -0.2) is 0 Å². The Balaban J connectivity index is 0. The van der Waals surface area contributed by atoms with Crippen molar-refractivity contribution in [2.75, 3.05) is 13.1 Å². The Hall–Kier alpha value is -1.10. The van der Waals surface area contributed by atoms with E-state index >= 15 is 0 Å². The van der Waals surface area contributed by atoms with Gasteiger partial charge in [0, 0.05) is 0 Å². The second-order valence-corrected chi connectivity index (χ2v) is 1.49. The molecule has 0 rings (SSSR count). The van der Waals surface area contributed by atoms with Crippen LogP contribution in [0.25, 0.3) is 0 Å². The van der Waals surface area contributed by atoms with Crippen LogP contribution in [0.15, 0.2) is 10.3 Å². The van der Waals surface area contributed by atoms with Crippen LogP contribution in [0.1, 0.15) is 13.8 Å². The van der Waals surface area contributed by atoms with Gasteiger partial charge in [0.1, 0.15) is 0 Å². The van der Waals surface area contributed by atoms with Gasteiger partial charge in [0.15, 0.2) is 0 Å². The van der Waals surface area contributed by atoms with Crippen molar-refractivity contribution in [3.05, 3.63) is 0 Å². The number of hydrogen-bond donors (Lipinski definition) is 3. The zero-order chi connectivity index (χ0) is 8.95. The van der Waals surface area contributed by atoms with Crippen LogP contribution < -0.4 is 5.32 Å². The molecule has 0 fully saturated rings. The highest BCUT2D eigenvalue weighted by Gasteiger charge is 1.62. The van der Waals surface area contributed by atoms with Gasteiger partial charge in [0.25, 0.3) is 0 Å². The summed E-state index contributed by atoms with van der Waals surface area (Å²) in [5.74, 6) is 0. The average Bonchev–Trinajstić information content (AvgIpc) is 2.04. The maximum atomic E-state index is 7.56. The van der Waals surface area contributed by atoms with Crippen molar-refractivity contribution in [3.8, 4) is 0 Å². The van der Waals surface area contributed by atoms with Gasteiger partial charge in [-0.1, -0.05) is 24.2 Å². The summed E-state index contributed by atoms with van der Waals surface area (Å²) in [6, 6.07) is 0. The lowest BCUT2D eigenvalue weighted by atomic mass is 10.7. The lowest BCUT2D eigenvalue weighted by molar-refractivity contribution is 0.317. The number of nitrogens with one attached hydrogen (secondary N) is 1. The average molecular weight is 161 g/mol. The monoisotopic (exact) mass is 161 g/mol. The number of hydrogen-bond acceptors (Lipinski definition) is 5. The molecule has 0 radical (unpaired) electrons. The lowest BCUT2D eigenvalue weighted by Gasteiger charge is -1.86. The molecular formula is C6H15N3O2. The smallest absolute Gasteiger partial charge is 0.0877 e. The van der Waals surface area contributed by atoms with Crippen molar-refractivity contribution in [3.63, 3.8) is 0 Å². The van der Waals surface area contributed by atoms with Crippen molar-refractivity contribution >= 4 is 12.4 Å². The van der Waals surface area contributed by atoms with Gasteiger partial charge in [0.05, 0.1) is 12.4 Å². The predicted molar refractivity (Wildman–Crippen MR) is 44.8 cm³/mol. The number of nitrogens with zero attached hydrogens (tertiary/aromatic N) is 2. The van der Waals surface area contributed by atoms with Crippen molar-refractivity contribution in [2.24, 2.45) is 10.3 Å². The first-order valence-corrected chi connectivity index (χ1v) is 3.37. The Morgan fingerprint density at radius 1 is 1.09 bits per heavy atom. The quantitative estimate of drug-likeness (QED) is 0.321. The second kappa shape index (κ2) is 16.0. The summed E-state index contributed by atoms with van der Waals surface area (Å²) in [5, 5.41) is 23.2. The van der Waals surface area contributed by atoms with E-state index in [9.17, 15) is 0 Å². The second-order valence-electron chi connectivity index (χ2n) is 1.49. The third-order valence-corrected chi connectivity index (χ3v) is 0.700. The van der Waals surface area contributed by atoms with Gasteiger partial charge in [-0.3, -0.25) is 0 Å². The molecule has 66 valence electrons. The van der Waals surface area contributed by atoms with Gasteiger partial charge in [-0.2, -0.15) is 0 Å². The highest BCUT2D eigenvalue weighted by atomic mass is 16.4. The molecule has 0 saturated heterocycles. The molecular weight excluding hydrogens is 146 g/mol. The Bertz CT molecular complexity index is 92.0. The Morgan fingerprint density at radius 2 is 1.45 bits per heavy atom. The largest absolute Gasteiger partial charge is 0.411 e. The molecule has 0 spiro atoms. The first kappa shape index (κ1) is 12.6. The molecule has 0 aromatic rings. The predicted octanol–water partition coefficient (Wildman–Crippen LogP) is 0.522. The molecule has 0 aromatic carbocycles. The summed E-state index contributed by atoms with van der Waals surface area (Å²) in [6.07, 6.45) is 1.89. The maximum absolute atomic E-state index is 7.56. The normalized spacial score (nSPS) is 10.0. The van der Waals surface area contributed by atoms with E-state index in [1.807, 2.05) is 0 Å². The molecule has 3 N–H and O–H groups in total. The van der Waals surface area contributed by atoms with Crippen LogP contribution >= 0.6 is 0 Å². The van der Waals surface area contributed by atoms with E-state index in [2.05, 4.69) is 29.5 Å². The van der Waals surface area contributed by atoms with E-state index < -0.39 is 0 Å². The van der Waals surface area contributed by atoms with Gasteiger partial charge in [-0.05, 0) is 13.1 Å². The highest BCUT2D eigenvalue weighted by Crippen LogP contribution is 1.47. The van der Waals surface area contributed by atoms with Crippen molar-refractivity contribution in [1.29, 1.82) is 0 Å². The molecule has 5 heteroatoms. The molecule has 0 heterocycles. The highest BCUT2D eigenvalue weighted by molar-refractivity contribution is 6.15. The fraction of sp³-hybridized carbons (Fsp3) is 0.667. The summed E-state index contributed by atoms with van der Waals surface area (Å²) in [6.45, 7) is 6.39. The van der Waals surface area contributed by atoms with E-state index in [1.54, 1.807) is 0 Å². The van der Waals surface area contributed by atoms with Crippen LogP contribution in [0, 0.1) is 0 Å². The molecule has 11 heavy (non-hydrogen) atoms. The Kier molecular flexibility index (Phi) is 18.2. The van der Waals surface area contributed by atoms with Crippen LogP contribution in [0.5, 0.6) is 0 Å². The molecule has 0 unspecified atom stereocenters. The van der Waals surface area contributed by atoms with Crippen LogP contribution in [0.2, 0.25) is 0 Å². The molecule has 0 bridgehead atoms. The van der Waals surface area contributed by atoms with E-state index in [0.717, 1.165) is 25.5 Å². The maximum Gasteiger partial charge on any atom is 0.0877 e. The molecule has 0 atom stereocenters. The van der Waals surface area contributed by atoms with Crippen molar-refractivity contribution in [2.45, 2.75) is 13.8 Å². The van der Waals surface area contributed by atoms with E-state index in [1.165, 1.54) is 0 Å². The summed E-state index contributed by atoms with van der Waals surface area (Å²) in [5.41, 5.74) is 0. The van der Waals surface area contributed by atoms with E-state index in [0.29, 0.717) is 0 Å². The molecule has 5 nitrogen and oxygen atoms in total. The van der Waals surface area contributed by atoms with Crippen LogP contribution in [-0.2, 0) is 0 Å². The lowest BCUT2D eigenvalue weighted by Crippen LogP contribution is -2.09.